The van der Waals surface area contributed by atoms with Gasteiger partial charge >= 0.3 is 5.97 Å². The number of amides is 1. The van der Waals surface area contributed by atoms with Crippen LogP contribution in [-0.2, 0) is 9.53 Å². The third-order valence-corrected chi connectivity index (χ3v) is 3.44. The molecule has 0 aliphatic carbocycles. The highest BCUT2D eigenvalue weighted by molar-refractivity contribution is 9.10. The molecule has 6 nitrogen and oxygen atoms in total. The minimum Gasteiger partial charge on any atom is -0.480 e. The molecule has 0 radical (unpaired) electrons. The maximum Gasteiger partial charge on any atom is 0.328 e. The number of carboxylic acid groups (broad SMARTS) is 1. The van der Waals surface area contributed by atoms with Crippen LogP contribution in [0.5, 0.6) is 0 Å². The zero-order valence-electron chi connectivity index (χ0n) is 10.0. The van der Waals surface area contributed by atoms with Crippen molar-refractivity contribution in [2.24, 2.45) is 5.73 Å². The predicted octanol–water partition coefficient (Wildman–Crippen LogP) is 0.838. The van der Waals surface area contributed by atoms with E-state index in [0.717, 1.165) is 4.47 Å². The second kappa shape index (κ2) is 5.58. The Labute approximate surface area is 118 Å². The number of anilines is 1. The summed E-state index contributed by atoms with van der Waals surface area (Å²) in [6, 6.07) is 4.15. The quantitative estimate of drug-likeness (QED) is 0.857. The zero-order valence-corrected chi connectivity index (χ0v) is 11.6. The van der Waals surface area contributed by atoms with E-state index in [2.05, 4.69) is 15.9 Å². The summed E-state index contributed by atoms with van der Waals surface area (Å²) in [4.78, 5) is 24.3. The number of carbonyl (C=O) groups excluding carboxylic acids is 1. The monoisotopic (exact) mass is 328 g/mol. The Morgan fingerprint density at radius 3 is 2.84 bits per heavy atom. The van der Waals surface area contributed by atoms with Gasteiger partial charge in [-0.2, -0.15) is 0 Å². The molecule has 0 saturated carbocycles. The molecule has 1 unspecified atom stereocenters. The fraction of sp³-hybridized carbons (Fsp3) is 0.333. The number of rotatable bonds is 3. The molecule has 0 aromatic heterocycles. The molecule has 1 amide bonds. The fourth-order valence-electron chi connectivity index (χ4n) is 2.05. The van der Waals surface area contributed by atoms with E-state index in [1.807, 2.05) is 0 Å². The van der Waals surface area contributed by atoms with Gasteiger partial charge in [0.2, 0.25) is 0 Å². The van der Waals surface area contributed by atoms with Gasteiger partial charge < -0.3 is 20.5 Å². The number of carboxylic acids is 1. The van der Waals surface area contributed by atoms with Gasteiger partial charge in [0.15, 0.2) is 6.04 Å². The number of carbonyl (C=O) groups is 2. The normalized spacial score (nSPS) is 19.2. The van der Waals surface area contributed by atoms with Crippen LogP contribution in [0.4, 0.5) is 5.69 Å². The number of halogens is 1. The van der Waals surface area contributed by atoms with Crippen LogP contribution in [0.2, 0.25) is 0 Å². The highest BCUT2D eigenvalue weighted by Crippen LogP contribution is 2.28. The molecule has 1 aromatic rings. The maximum absolute atomic E-state index is 11.5. The van der Waals surface area contributed by atoms with Gasteiger partial charge in [0.1, 0.15) is 0 Å². The van der Waals surface area contributed by atoms with Gasteiger partial charge in [-0.1, -0.05) is 15.9 Å². The Bertz CT molecular complexity index is 520. The van der Waals surface area contributed by atoms with Gasteiger partial charge in [0.25, 0.3) is 5.91 Å². The lowest BCUT2D eigenvalue weighted by molar-refractivity contribution is -0.141. The summed E-state index contributed by atoms with van der Waals surface area (Å²) in [7, 11) is 0. The standard InChI is InChI=1S/C12H13BrN2O4/c13-7-1-2-8(11(14)16)9(5-7)15-3-4-19-6-10(15)12(17)18/h1-2,5,10H,3-4,6H2,(H2,14,16)(H,17,18). The molecule has 2 rings (SSSR count). The van der Waals surface area contributed by atoms with Crippen molar-refractivity contribution in [1.82, 2.24) is 0 Å². The number of aliphatic carboxylic acids is 1. The third-order valence-electron chi connectivity index (χ3n) is 2.95. The lowest BCUT2D eigenvalue weighted by atomic mass is 10.1. The average molecular weight is 329 g/mol. The SMILES string of the molecule is NC(=O)c1ccc(Br)cc1N1CCOCC1C(=O)O. The van der Waals surface area contributed by atoms with Gasteiger partial charge in [-0.05, 0) is 18.2 Å². The molecule has 1 atom stereocenters. The van der Waals surface area contributed by atoms with Crippen LogP contribution in [-0.4, -0.2) is 42.8 Å². The van der Waals surface area contributed by atoms with Gasteiger partial charge in [-0.3, -0.25) is 4.79 Å². The number of hydrogen-bond acceptors (Lipinski definition) is 4. The summed E-state index contributed by atoms with van der Waals surface area (Å²) in [5.41, 5.74) is 6.15. The van der Waals surface area contributed by atoms with E-state index in [-0.39, 0.29) is 6.61 Å². The van der Waals surface area contributed by atoms with Crippen molar-refractivity contribution >= 4 is 33.5 Å². The van der Waals surface area contributed by atoms with Crippen LogP contribution in [0, 0.1) is 0 Å². The number of benzene rings is 1. The Hall–Kier alpha value is -1.60. The van der Waals surface area contributed by atoms with Gasteiger partial charge in [-0.25, -0.2) is 4.79 Å². The van der Waals surface area contributed by atoms with Crippen LogP contribution in [0.1, 0.15) is 10.4 Å². The summed E-state index contributed by atoms with van der Waals surface area (Å²) in [6.07, 6.45) is 0. The van der Waals surface area contributed by atoms with Crippen LogP contribution in [0.15, 0.2) is 22.7 Å². The molecule has 1 aliphatic rings. The Balaban J connectivity index is 2.46. The van der Waals surface area contributed by atoms with Crippen LogP contribution in [0.25, 0.3) is 0 Å². The van der Waals surface area contributed by atoms with E-state index in [4.69, 9.17) is 10.5 Å². The summed E-state index contributed by atoms with van der Waals surface area (Å²) < 4.78 is 5.93. The molecule has 0 spiro atoms. The zero-order chi connectivity index (χ0) is 14.0. The number of morpholine rings is 1. The second-order valence-corrected chi connectivity index (χ2v) is 5.06. The van der Waals surface area contributed by atoms with Crippen LogP contribution in [0.3, 0.4) is 0 Å². The second-order valence-electron chi connectivity index (χ2n) is 4.15. The van der Waals surface area contributed by atoms with Crippen molar-refractivity contribution in [3.05, 3.63) is 28.2 Å². The first kappa shape index (κ1) is 13.8. The molecule has 7 heteroatoms. The number of hydrogen-bond donors (Lipinski definition) is 2. The molecule has 1 aliphatic heterocycles. The van der Waals surface area contributed by atoms with Crippen molar-refractivity contribution in [1.29, 1.82) is 0 Å². The van der Waals surface area contributed by atoms with Crippen molar-refractivity contribution in [2.75, 3.05) is 24.7 Å². The van der Waals surface area contributed by atoms with Crippen molar-refractivity contribution < 1.29 is 19.4 Å². The van der Waals surface area contributed by atoms with Gasteiger partial charge in [0, 0.05) is 11.0 Å². The number of primary amides is 1. The number of nitrogens with zero attached hydrogens (tertiary/aromatic N) is 1. The molecule has 102 valence electrons. The molecule has 1 heterocycles. The molecule has 0 bridgehead atoms. The molecule has 19 heavy (non-hydrogen) atoms. The van der Waals surface area contributed by atoms with Crippen molar-refractivity contribution in [2.45, 2.75) is 6.04 Å². The summed E-state index contributed by atoms with van der Waals surface area (Å²) >= 11 is 3.31. The molecule has 1 fully saturated rings. The fourth-order valence-corrected chi connectivity index (χ4v) is 2.40. The summed E-state index contributed by atoms with van der Waals surface area (Å²) in [5.74, 6) is -1.58. The minimum atomic E-state index is -0.991. The van der Waals surface area contributed by atoms with E-state index in [0.29, 0.717) is 24.4 Å². The predicted molar refractivity (Wildman–Crippen MR) is 72.2 cm³/mol. The van der Waals surface area contributed by atoms with E-state index in [1.165, 1.54) is 0 Å². The smallest absolute Gasteiger partial charge is 0.328 e. The van der Waals surface area contributed by atoms with Crippen molar-refractivity contribution in [3.8, 4) is 0 Å². The summed E-state index contributed by atoms with van der Waals surface area (Å²) in [6.45, 7) is 0.891. The van der Waals surface area contributed by atoms with Gasteiger partial charge in [0.05, 0.1) is 24.5 Å². The number of ether oxygens (including phenoxy) is 1. The van der Waals surface area contributed by atoms with E-state index in [9.17, 15) is 14.7 Å². The first-order valence-electron chi connectivity index (χ1n) is 5.67. The molecule has 3 N–H and O–H groups in total. The first-order valence-corrected chi connectivity index (χ1v) is 6.46. The summed E-state index contributed by atoms with van der Waals surface area (Å²) in [5, 5.41) is 9.22. The molecular formula is C12H13BrN2O4. The maximum atomic E-state index is 11.5. The Kier molecular flexibility index (Phi) is 4.06. The van der Waals surface area contributed by atoms with Crippen LogP contribution >= 0.6 is 15.9 Å². The van der Waals surface area contributed by atoms with Gasteiger partial charge in [-0.15, -0.1) is 0 Å². The highest BCUT2D eigenvalue weighted by Gasteiger charge is 2.31. The highest BCUT2D eigenvalue weighted by atomic mass is 79.9. The number of nitrogens with two attached hydrogens (primary N) is 1. The Morgan fingerprint density at radius 1 is 1.47 bits per heavy atom. The Morgan fingerprint density at radius 2 is 2.21 bits per heavy atom. The molecule has 1 saturated heterocycles. The lowest BCUT2D eigenvalue weighted by Gasteiger charge is -2.35. The molecule has 1 aromatic carbocycles. The lowest BCUT2D eigenvalue weighted by Crippen LogP contribution is -2.50. The average Bonchev–Trinajstić information content (AvgIpc) is 2.38. The van der Waals surface area contributed by atoms with Crippen LogP contribution < -0.4 is 10.6 Å². The van der Waals surface area contributed by atoms with E-state index in [1.54, 1.807) is 23.1 Å². The topological polar surface area (TPSA) is 92.9 Å². The van der Waals surface area contributed by atoms with Crippen molar-refractivity contribution in [3.63, 3.8) is 0 Å². The minimum absolute atomic E-state index is 0.0834. The third kappa shape index (κ3) is 2.87. The van der Waals surface area contributed by atoms with E-state index >= 15 is 0 Å². The molecular weight excluding hydrogens is 316 g/mol. The largest absolute Gasteiger partial charge is 0.480 e. The first-order chi connectivity index (χ1) is 9.00. The van der Waals surface area contributed by atoms with E-state index < -0.39 is 17.9 Å².